The molecule has 9 heteroatoms. The van der Waals surface area contributed by atoms with E-state index in [1.165, 1.54) is 20.0 Å². The first kappa shape index (κ1) is 22.9. The van der Waals surface area contributed by atoms with E-state index in [-0.39, 0.29) is 12.5 Å². The standard InChI is InChI=1S/C21H28N4O3.CH2O2/c1-28-20(26)19-16(13-22-23-19)14-24-12-9-21(27,17-7-3-2-4-8-17)18(15-24)25-10-5-6-11-25;2-1-3/h2-4,7-8,13,18,27H,5-6,9-12,14-15H2,1H3,(H,22,23);1H,(H,2,3)/t18-,21+;/m1./s1. The van der Waals surface area contributed by atoms with Gasteiger partial charge < -0.3 is 14.9 Å². The summed E-state index contributed by atoms with van der Waals surface area (Å²) in [6, 6.07) is 10.1. The number of esters is 1. The molecule has 2 fully saturated rings. The van der Waals surface area contributed by atoms with Gasteiger partial charge in [0, 0.05) is 25.2 Å². The van der Waals surface area contributed by atoms with Crippen LogP contribution in [-0.2, 0) is 21.7 Å². The van der Waals surface area contributed by atoms with Crippen molar-refractivity contribution in [2.75, 3.05) is 33.3 Å². The molecule has 1 aromatic heterocycles. The van der Waals surface area contributed by atoms with Crippen LogP contribution < -0.4 is 0 Å². The van der Waals surface area contributed by atoms with Crippen molar-refractivity contribution in [3.05, 3.63) is 53.3 Å². The molecule has 3 heterocycles. The number of methoxy groups -OCH3 is 1. The first-order chi connectivity index (χ1) is 15.0. The maximum atomic E-state index is 11.9. The number of aliphatic hydroxyl groups is 1. The number of rotatable bonds is 5. The Balaban J connectivity index is 0.000000858. The number of H-pyrrole nitrogens is 1. The lowest BCUT2D eigenvalue weighted by atomic mass is 9.79. The van der Waals surface area contributed by atoms with E-state index in [9.17, 15) is 9.90 Å². The van der Waals surface area contributed by atoms with Crippen molar-refractivity contribution in [3.63, 3.8) is 0 Å². The number of hydrogen-bond donors (Lipinski definition) is 3. The third-order valence-corrected chi connectivity index (χ3v) is 6.15. The summed E-state index contributed by atoms with van der Waals surface area (Å²) in [4.78, 5) is 25.0. The van der Waals surface area contributed by atoms with Crippen LogP contribution in [-0.4, -0.2) is 82.0 Å². The Kier molecular flexibility index (Phi) is 7.78. The highest BCUT2D eigenvalue weighted by Crippen LogP contribution is 2.37. The van der Waals surface area contributed by atoms with Crippen molar-refractivity contribution >= 4 is 12.4 Å². The van der Waals surface area contributed by atoms with Gasteiger partial charge >= 0.3 is 5.97 Å². The summed E-state index contributed by atoms with van der Waals surface area (Å²) < 4.78 is 4.84. The van der Waals surface area contributed by atoms with Crippen molar-refractivity contribution in [2.45, 2.75) is 37.5 Å². The Morgan fingerprint density at radius 1 is 1.29 bits per heavy atom. The van der Waals surface area contributed by atoms with E-state index in [4.69, 9.17) is 14.6 Å². The molecule has 2 aromatic rings. The summed E-state index contributed by atoms with van der Waals surface area (Å²) in [6.45, 7) is 3.90. The highest BCUT2D eigenvalue weighted by Gasteiger charge is 2.46. The number of aromatic nitrogens is 2. The van der Waals surface area contributed by atoms with Gasteiger partial charge in [-0.05, 0) is 37.9 Å². The molecule has 0 unspecified atom stereocenters. The van der Waals surface area contributed by atoms with Crippen molar-refractivity contribution in [1.29, 1.82) is 0 Å². The molecular weight excluding hydrogens is 400 g/mol. The molecule has 2 saturated heterocycles. The number of carbonyl (C=O) groups excluding carboxylic acids is 1. The van der Waals surface area contributed by atoms with Gasteiger partial charge in [0.2, 0.25) is 0 Å². The molecule has 2 aliphatic rings. The molecule has 9 nitrogen and oxygen atoms in total. The van der Waals surface area contributed by atoms with Crippen LogP contribution in [0, 0.1) is 0 Å². The Bertz CT molecular complexity index is 853. The fraction of sp³-hybridized carbons (Fsp3) is 0.500. The smallest absolute Gasteiger partial charge is 0.356 e. The zero-order valence-corrected chi connectivity index (χ0v) is 17.7. The van der Waals surface area contributed by atoms with Crippen LogP contribution in [0.5, 0.6) is 0 Å². The largest absolute Gasteiger partial charge is 0.483 e. The van der Waals surface area contributed by atoms with Crippen molar-refractivity contribution in [2.24, 2.45) is 0 Å². The number of hydrogen-bond acceptors (Lipinski definition) is 7. The Labute approximate surface area is 181 Å². The topological polar surface area (TPSA) is 119 Å². The molecule has 1 aromatic carbocycles. The fourth-order valence-electron chi connectivity index (χ4n) is 4.61. The maximum Gasteiger partial charge on any atom is 0.356 e. The Hall–Kier alpha value is -2.75. The number of piperidine rings is 1. The highest BCUT2D eigenvalue weighted by atomic mass is 16.5. The second-order valence-corrected chi connectivity index (χ2v) is 7.90. The zero-order chi connectivity index (χ0) is 22.3. The average molecular weight is 431 g/mol. The lowest BCUT2D eigenvalue weighted by Gasteiger charge is -2.48. The molecule has 0 amide bonds. The number of carbonyl (C=O) groups is 2. The van der Waals surface area contributed by atoms with Crippen molar-refractivity contribution in [1.82, 2.24) is 20.0 Å². The van der Waals surface area contributed by atoms with Crippen molar-refractivity contribution < 1.29 is 24.5 Å². The molecule has 168 valence electrons. The third-order valence-electron chi connectivity index (χ3n) is 6.15. The van der Waals surface area contributed by atoms with Gasteiger partial charge in [-0.1, -0.05) is 30.3 Å². The first-order valence-corrected chi connectivity index (χ1v) is 10.5. The zero-order valence-electron chi connectivity index (χ0n) is 17.7. The minimum Gasteiger partial charge on any atom is -0.483 e. The number of ether oxygens (including phenoxy) is 1. The number of likely N-dealkylation sites (tertiary alicyclic amines) is 2. The van der Waals surface area contributed by atoms with Crippen LogP contribution in [0.25, 0.3) is 0 Å². The van der Waals surface area contributed by atoms with Gasteiger partial charge in [-0.25, -0.2) is 4.79 Å². The van der Waals surface area contributed by atoms with Crippen LogP contribution in [0.3, 0.4) is 0 Å². The summed E-state index contributed by atoms with van der Waals surface area (Å²) in [5.74, 6) is -0.401. The minimum atomic E-state index is -0.857. The minimum absolute atomic E-state index is 0.0274. The summed E-state index contributed by atoms with van der Waals surface area (Å²) >= 11 is 0. The predicted molar refractivity (Wildman–Crippen MR) is 113 cm³/mol. The van der Waals surface area contributed by atoms with E-state index < -0.39 is 11.6 Å². The molecule has 2 atom stereocenters. The number of nitrogens with zero attached hydrogens (tertiary/aromatic N) is 3. The fourth-order valence-corrected chi connectivity index (χ4v) is 4.61. The van der Waals surface area contributed by atoms with Crippen LogP contribution in [0.1, 0.15) is 40.9 Å². The Morgan fingerprint density at radius 2 is 1.97 bits per heavy atom. The van der Waals surface area contributed by atoms with Crippen molar-refractivity contribution in [3.8, 4) is 0 Å². The van der Waals surface area contributed by atoms with E-state index in [1.54, 1.807) is 6.20 Å². The van der Waals surface area contributed by atoms with Crippen LogP contribution in [0.4, 0.5) is 0 Å². The lowest BCUT2D eigenvalue weighted by Crippen LogP contribution is -2.60. The van der Waals surface area contributed by atoms with Gasteiger partial charge in [0.05, 0.1) is 19.3 Å². The molecule has 0 radical (unpaired) electrons. The maximum absolute atomic E-state index is 11.9. The van der Waals surface area contributed by atoms with Gasteiger partial charge in [-0.2, -0.15) is 5.10 Å². The lowest BCUT2D eigenvalue weighted by molar-refractivity contribution is -0.122. The first-order valence-electron chi connectivity index (χ1n) is 10.5. The van der Waals surface area contributed by atoms with E-state index in [0.717, 1.165) is 37.3 Å². The summed E-state index contributed by atoms with van der Waals surface area (Å²) in [5, 5.41) is 25.4. The number of nitrogens with one attached hydrogen (secondary N) is 1. The molecule has 31 heavy (non-hydrogen) atoms. The normalized spacial score (nSPS) is 24.3. The van der Waals surface area contributed by atoms with E-state index in [2.05, 4.69) is 20.0 Å². The second-order valence-electron chi connectivity index (χ2n) is 7.90. The van der Waals surface area contributed by atoms with Gasteiger partial charge in [0.15, 0.2) is 0 Å². The molecule has 0 bridgehead atoms. The molecule has 4 rings (SSSR count). The average Bonchev–Trinajstić information content (AvgIpc) is 3.48. The molecule has 2 aliphatic heterocycles. The van der Waals surface area contributed by atoms with Crippen LogP contribution in [0.15, 0.2) is 36.5 Å². The van der Waals surface area contributed by atoms with Gasteiger partial charge in [-0.3, -0.25) is 19.7 Å². The molecule has 3 N–H and O–H groups in total. The summed E-state index contributed by atoms with van der Waals surface area (Å²) in [7, 11) is 1.37. The van der Waals surface area contributed by atoms with Crippen LogP contribution in [0.2, 0.25) is 0 Å². The highest BCUT2D eigenvalue weighted by molar-refractivity contribution is 5.88. The summed E-state index contributed by atoms with van der Waals surface area (Å²) in [6.07, 6.45) is 4.70. The van der Waals surface area contributed by atoms with Gasteiger partial charge in [0.1, 0.15) is 11.3 Å². The van der Waals surface area contributed by atoms with Crippen LogP contribution >= 0.6 is 0 Å². The second kappa shape index (κ2) is 10.5. The molecule has 0 saturated carbocycles. The van der Waals surface area contributed by atoms with Gasteiger partial charge in [-0.15, -0.1) is 0 Å². The van der Waals surface area contributed by atoms with Gasteiger partial charge in [0.25, 0.3) is 6.47 Å². The number of aromatic amines is 1. The van der Waals surface area contributed by atoms with E-state index in [0.29, 0.717) is 18.7 Å². The van der Waals surface area contributed by atoms with E-state index in [1.807, 2.05) is 30.3 Å². The monoisotopic (exact) mass is 430 g/mol. The number of carboxylic acid groups (broad SMARTS) is 1. The Morgan fingerprint density at radius 3 is 2.61 bits per heavy atom. The molecule has 0 aliphatic carbocycles. The molecule has 0 spiro atoms. The third kappa shape index (κ3) is 5.12. The number of benzene rings is 1. The molecular formula is C22H30N4O5. The SMILES string of the molecule is COC(=O)c1[nH]ncc1CN1CC[C@](O)(c2ccccc2)[C@H](N2CCCC2)C1.O=CO. The quantitative estimate of drug-likeness (QED) is 0.482. The summed E-state index contributed by atoms with van der Waals surface area (Å²) in [5.41, 5.74) is 1.37. The predicted octanol–water partition coefficient (Wildman–Crippen LogP) is 1.45. The van der Waals surface area contributed by atoms with E-state index >= 15 is 0 Å².